The summed E-state index contributed by atoms with van der Waals surface area (Å²) in [6.07, 6.45) is 18.7. The number of amides is 1. The first kappa shape index (κ1) is 22.6. The molecule has 0 fully saturated rings. The Kier molecular flexibility index (Phi) is 18.5. The third-order valence-corrected chi connectivity index (χ3v) is 4.12. The van der Waals surface area contributed by atoms with Crippen molar-refractivity contribution < 1.29 is 4.79 Å². The highest BCUT2D eigenvalue weighted by molar-refractivity contribution is 5.73. The molecule has 0 heterocycles. The second-order valence-corrected chi connectivity index (χ2v) is 6.56. The van der Waals surface area contributed by atoms with E-state index in [2.05, 4.69) is 30.6 Å². The second-order valence-electron chi connectivity index (χ2n) is 6.56. The van der Waals surface area contributed by atoms with Gasteiger partial charge in [-0.3, -0.25) is 4.79 Å². The van der Waals surface area contributed by atoms with Gasteiger partial charge in [-0.25, -0.2) is 0 Å². The lowest BCUT2D eigenvalue weighted by atomic mass is 10.1. The lowest BCUT2D eigenvalue weighted by molar-refractivity contribution is -0.118. The van der Waals surface area contributed by atoms with Crippen LogP contribution in [0, 0.1) is 23.7 Å². The van der Waals surface area contributed by atoms with Gasteiger partial charge >= 0.3 is 0 Å². The molecule has 0 spiro atoms. The number of rotatable bonds is 15. The van der Waals surface area contributed by atoms with Gasteiger partial charge in [0.2, 0.25) is 5.91 Å². The summed E-state index contributed by atoms with van der Waals surface area (Å²) in [5.74, 6) is 12.1. The Hall–Kier alpha value is -1.41. The molecule has 0 aromatic rings. The van der Waals surface area contributed by atoms with Crippen molar-refractivity contribution in [3.8, 4) is 23.7 Å². The molecule has 0 aliphatic heterocycles. The van der Waals surface area contributed by atoms with E-state index in [1.165, 1.54) is 70.6 Å². The number of nitrogens with two attached hydrogens (primary N) is 1. The predicted molar refractivity (Wildman–Crippen MR) is 104 cm³/mol. The quantitative estimate of drug-likeness (QED) is 0.302. The standard InChI is InChI=1S/C22H37NO/c1-2-3-4-5-6-7-8-9-10-11-12-13-14-15-16-17-18-19-20-21-22(23)24/h2-8,13-21H2,1H3,(H2,23,24). The van der Waals surface area contributed by atoms with Crippen LogP contribution in [-0.2, 0) is 4.79 Å². The largest absolute Gasteiger partial charge is 0.370 e. The minimum absolute atomic E-state index is 0.177. The van der Waals surface area contributed by atoms with Crippen LogP contribution in [0.3, 0.4) is 0 Å². The van der Waals surface area contributed by atoms with Crippen LogP contribution in [0.25, 0.3) is 0 Å². The molecule has 0 unspecified atom stereocenters. The second kappa shape index (κ2) is 19.6. The number of primary amides is 1. The van der Waals surface area contributed by atoms with E-state index in [9.17, 15) is 4.79 Å². The van der Waals surface area contributed by atoms with E-state index in [4.69, 9.17) is 5.73 Å². The van der Waals surface area contributed by atoms with Gasteiger partial charge in [-0.15, -0.1) is 0 Å². The molecule has 0 aliphatic carbocycles. The van der Waals surface area contributed by atoms with E-state index < -0.39 is 0 Å². The molecule has 1 amide bonds. The molecule has 0 aromatic heterocycles. The Morgan fingerprint density at radius 3 is 1.54 bits per heavy atom. The number of carbonyl (C=O) groups is 1. The molecule has 0 rings (SSSR count). The van der Waals surface area contributed by atoms with Gasteiger partial charge in [0, 0.05) is 19.3 Å². The van der Waals surface area contributed by atoms with Crippen LogP contribution >= 0.6 is 0 Å². The van der Waals surface area contributed by atoms with Crippen LogP contribution in [0.15, 0.2) is 0 Å². The van der Waals surface area contributed by atoms with Crippen molar-refractivity contribution in [1.29, 1.82) is 0 Å². The molecule has 0 radical (unpaired) electrons. The van der Waals surface area contributed by atoms with Gasteiger partial charge in [0.1, 0.15) is 0 Å². The molecule has 0 saturated carbocycles. The van der Waals surface area contributed by atoms with Gasteiger partial charge in [0.25, 0.3) is 0 Å². The highest BCUT2D eigenvalue weighted by atomic mass is 16.1. The third kappa shape index (κ3) is 20.6. The summed E-state index contributed by atoms with van der Waals surface area (Å²) in [5.41, 5.74) is 5.11. The van der Waals surface area contributed by atoms with Gasteiger partial charge in [-0.05, 0) is 31.1 Å². The van der Waals surface area contributed by atoms with E-state index in [-0.39, 0.29) is 5.91 Å². The Morgan fingerprint density at radius 2 is 1.08 bits per heavy atom. The van der Waals surface area contributed by atoms with E-state index >= 15 is 0 Å². The van der Waals surface area contributed by atoms with E-state index in [1.54, 1.807) is 0 Å². The van der Waals surface area contributed by atoms with Crippen molar-refractivity contribution in [1.82, 2.24) is 0 Å². The smallest absolute Gasteiger partial charge is 0.217 e. The SMILES string of the molecule is CCCCCCCCC#CC#CCCCCCCCCCC(N)=O. The molecule has 0 atom stereocenters. The molecule has 24 heavy (non-hydrogen) atoms. The minimum atomic E-state index is -0.177. The Morgan fingerprint density at radius 1 is 0.667 bits per heavy atom. The van der Waals surface area contributed by atoms with Crippen LogP contribution in [-0.4, -0.2) is 5.91 Å². The van der Waals surface area contributed by atoms with Crippen molar-refractivity contribution >= 4 is 5.91 Å². The maximum Gasteiger partial charge on any atom is 0.217 e. The normalized spacial score (nSPS) is 9.71. The molecule has 0 bridgehead atoms. The maximum absolute atomic E-state index is 10.6. The number of hydrogen-bond donors (Lipinski definition) is 1. The van der Waals surface area contributed by atoms with E-state index in [0.717, 1.165) is 25.7 Å². The Bertz CT molecular complexity index is 405. The van der Waals surface area contributed by atoms with E-state index in [0.29, 0.717) is 6.42 Å². The summed E-state index contributed by atoms with van der Waals surface area (Å²) in [6.45, 7) is 2.25. The molecule has 136 valence electrons. The third-order valence-electron chi connectivity index (χ3n) is 4.12. The number of carbonyl (C=O) groups excluding carboxylic acids is 1. The first-order valence-corrected chi connectivity index (χ1v) is 10.0. The maximum atomic E-state index is 10.6. The van der Waals surface area contributed by atoms with Crippen LogP contribution in [0.2, 0.25) is 0 Å². The zero-order valence-electron chi connectivity index (χ0n) is 15.8. The first-order valence-electron chi connectivity index (χ1n) is 10.0. The predicted octanol–water partition coefficient (Wildman–Crippen LogP) is 5.74. The highest BCUT2D eigenvalue weighted by Crippen LogP contribution is 2.09. The van der Waals surface area contributed by atoms with Gasteiger partial charge < -0.3 is 5.73 Å². The fraction of sp³-hybridized carbons (Fsp3) is 0.773. The summed E-state index contributed by atoms with van der Waals surface area (Å²) in [7, 11) is 0. The summed E-state index contributed by atoms with van der Waals surface area (Å²) >= 11 is 0. The summed E-state index contributed by atoms with van der Waals surface area (Å²) in [4.78, 5) is 10.6. The number of unbranched alkanes of at least 4 members (excludes halogenated alkanes) is 13. The van der Waals surface area contributed by atoms with Crippen molar-refractivity contribution in [2.45, 2.75) is 110 Å². The van der Waals surface area contributed by atoms with Crippen molar-refractivity contribution in [3.63, 3.8) is 0 Å². The molecule has 2 heteroatoms. The first-order chi connectivity index (χ1) is 11.8. The van der Waals surface area contributed by atoms with Gasteiger partial charge in [-0.2, -0.15) is 0 Å². The fourth-order valence-electron chi connectivity index (χ4n) is 2.60. The van der Waals surface area contributed by atoms with Crippen molar-refractivity contribution in [3.05, 3.63) is 0 Å². The van der Waals surface area contributed by atoms with Crippen LogP contribution in [0.5, 0.6) is 0 Å². The average molecular weight is 332 g/mol. The topological polar surface area (TPSA) is 43.1 Å². The average Bonchev–Trinajstić information content (AvgIpc) is 2.56. The zero-order chi connectivity index (χ0) is 17.7. The van der Waals surface area contributed by atoms with Crippen LogP contribution in [0.1, 0.15) is 110 Å². The van der Waals surface area contributed by atoms with Crippen LogP contribution in [0.4, 0.5) is 0 Å². The molecule has 2 N–H and O–H groups in total. The Labute approximate surface area is 150 Å². The lowest BCUT2D eigenvalue weighted by Gasteiger charge is -1.99. The summed E-state index contributed by atoms with van der Waals surface area (Å²) < 4.78 is 0. The van der Waals surface area contributed by atoms with Crippen molar-refractivity contribution in [2.75, 3.05) is 0 Å². The number of hydrogen-bond acceptors (Lipinski definition) is 1. The minimum Gasteiger partial charge on any atom is -0.370 e. The molecule has 2 nitrogen and oxygen atoms in total. The summed E-state index contributed by atoms with van der Waals surface area (Å²) in [5, 5.41) is 0. The molecule has 0 saturated heterocycles. The van der Waals surface area contributed by atoms with Gasteiger partial charge in [0.05, 0.1) is 0 Å². The van der Waals surface area contributed by atoms with E-state index in [1.807, 2.05) is 0 Å². The monoisotopic (exact) mass is 331 g/mol. The molecule has 0 aromatic carbocycles. The molecular formula is C22H37NO. The van der Waals surface area contributed by atoms with Crippen LogP contribution < -0.4 is 5.73 Å². The van der Waals surface area contributed by atoms with Crippen molar-refractivity contribution in [2.24, 2.45) is 5.73 Å². The van der Waals surface area contributed by atoms with Gasteiger partial charge in [0.15, 0.2) is 0 Å². The highest BCUT2D eigenvalue weighted by Gasteiger charge is 1.94. The lowest BCUT2D eigenvalue weighted by Crippen LogP contribution is -2.09. The Balaban J connectivity index is 3.25. The fourth-order valence-corrected chi connectivity index (χ4v) is 2.60. The molecular weight excluding hydrogens is 294 g/mol. The summed E-state index contributed by atoms with van der Waals surface area (Å²) in [6, 6.07) is 0. The zero-order valence-corrected chi connectivity index (χ0v) is 15.8. The molecule has 0 aliphatic rings. The van der Waals surface area contributed by atoms with Gasteiger partial charge in [-0.1, -0.05) is 83.0 Å².